The highest BCUT2D eigenvalue weighted by molar-refractivity contribution is 5.93. The number of aromatic nitrogens is 2. The Bertz CT molecular complexity index is 937. The third-order valence-electron chi connectivity index (χ3n) is 5.34. The number of fused-ring (bicyclic) bond motifs is 1. The molecule has 1 fully saturated rings. The van der Waals surface area contributed by atoms with Gasteiger partial charge in [0.1, 0.15) is 5.75 Å². The van der Waals surface area contributed by atoms with Crippen molar-refractivity contribution in [1.82, 2.24) is 14.9 Å². The first kappa shape index (κ1) is 17.7. The van der Waals surface area contributed by atoms with Crippen molar-refractivity contribution in [2.75, 3.05) is 31.6 Å². The number of nitrogens with zero attached hydrogens (tertiary/aromatic N) is 4. The SMILES string of the molecule is COc1cc(C)nc(CN2CCN(c3cccc4cnccc34)CC2C)c1. The van der Waals surface area contributed by atoms with E-state index in [1.54, 1.807) is 7.11 Å². The Hall–Kier alpha value is -2.66. The molecule has 1 aliphatic rings. The number of ether oxygens (including phenoxy) is 1. The van der Waals surface area contributed by atoms with Crippen molar-refractivity contribution >= 4 is 16.5 Å². The van der Waals surface area contributed by atoms with E-state index in [1.165, 1.54) is 16.5 Å². The minimum atomic E-state index is 0.448. The number of methoxy groups -OCH3 is 1. The van der Waals surface area contributed by atoms with E-state index in [9.17, 15) is 0 Å². The third-order valence-corrected chi connectivity index (χ3v) is 5.34. The number of rotatable bonds is 4. The molecule has 1 aromatic carbocycles. The fourth-order valence-electron chi connectivity index (χ4n) is 3.94. The lowest BCUT2D eigenvalue weighted by molar-refractivity contribution is 0.179. The summed E-state index contributed by atoms with van der Waals surface area (Å²) < 4.78 is 5.40. The van der Waals surface area contributed by atoms with E-state index in [0.29, 0.717) is 6.04 Å². The van der Waals surface area contributed by atoms with Crippen molar-refractivity contribution in [3.63, 3.8) is 0 Å². The summed E-state index contributed by atoms with van der Waals surface area (Å²) in [6.45, 7) is 8.20. The molecule has 0 aliphatic carbocycles. The van der Waals surface area contributed by atoms with Crippen LogP contribution in [0.1, 0.15) is 18.3 Å². The predicted molar refractivity (Wildman–Crippen MR) is 109 cm³/mol. The molecule has 0 radical (unpaired) electrons. The highest BCUT2D eigenvalue weighted by atomic mass is 16.5. The number of aryl methyl sites for hydroxylation is 1. The monoisotopic (exact) mass is 362 g/mol. The van der Waals surface area contributed by atoms with E-state index < -0.39 is 0 Å². The molecular weight excluding hydrogens is 336 g/mol. The van der Waals surface area contributed by atoms with E-state index >= 15 is 0 Å². The topological polar surface area (TPSA) is 41.5 Å². The van der Waals surface area contributed by atoms with Gasteiger partial charge in [-0.15, -0.1) is 0 Å². The zero-order valence-electron chi connectivity index (χ0n) is 16.2. The molecule has 27 heavy (non-hydrogen) atoms. The second-order valence-corrected chi connectivity index (χ2v) is 7.28. The van der Waals surface area contributed by atoms with Gasteiger partial charge in [-0.25, -0.2) is 0 Å². The summed E-state index contributed by atoms with van der Waals surface area (Å²) in [7, 11) is 1.71. The second kappa shape index (κ2) is 7.53. The van der Waals surface area contributed by atoms with Gasteiger partial charge >= 0.3 is 0 Å². The van der Waals surface area contributed by atoms with E-state index in [0.717, 1.165) is 43.3 Å². The van der Waals surface area contributed by atoms with Gasteiger partial charge in [-0.1, -0.05) is 12.1 Å². The summed E-state index contributed by atoms with van der Waals surface area (Å²) in [6.07, 6.45) is 3.82. The Morgan fingerprint density at radius 1 is 1.19 bits per heavy atom. The van der Waals surface area contributed by atoms with Crippen LogP contribution in [-0.4, -0.2) is 47.7 Å². The Labute approximate surface area is 160 Å². The normalized spacial score (nSPS) is 18.0. The fraction of sp³-hybridized carbons (Fsp3) is 0.364. The van der Waals surface area contributed by atoms with Crippen molar-refractivity contribution in [2.45, 2.75) is 26.4 Å². The Kier molecular flexibility index (Phi) is 4.94. The summed E-state index contributed by atoms with van der Waals surface area (Å²) in [4.78, 5) is 13.9. The van der Waals surface area contributed by atoms with Gasteiger partial charge in [-0.3, -0.25) is 14.9 Å². The van der Waals surface area contributed by atoms with Crippen molar-refractivity contribution in [3.8, 4) is 5.75 Å². The maximum Gasteiger partial charge on any atom is 0.122 e. The molecule has 4 rings (SSSR count). The highest BCUT2D eigenvalue weighted by Crippen LogP contribution is 2.28. The molecule has 5 heteroatoms. The fourth-order valence-corrected chi connectivity index (χ4v) is 3.94. The lowest BCUT2D eigenvalue weighted by Gasteiger charge is -2.41. The first-order chi connectivity index (χ1) is 13.1. The van der Waals surface area contributed by atoms with Gasteiger partial charge in [0.2, 0.25) is 0 Å². The first-order valence-electron chi connectivity index (χ1n) is 9.47. The van der Waals surface area contributed by atoms with Gasteiger partial charge < -0.3 is 9.64 Å². The van der Waals surface area contributed by atoms with Crippen LogP contribution in [0.3, 0.4) is 0 Å². The van der Waals surface area contributed by atoms with Crippen LogP contribution in [-0.2, 0) is 6.54 Å². The minimum Gasteiger partial charge on any atom is -0.497 e. The lowest BCUT2D eigenvalue weighted by atomic mass is 10.1. The molecule has 0 saturated carbocycles. The molecule has 0 bridgehead atoms. The summed E-state index contributed by atoms with van der Waals surface area (Å²) in [6, 6.07) is 13.1. The summed E-state index contributed by atoms with van der Waals surface area (Å²) in [5, 5.41) is 2.47. The smallest absolute Gasteiger partial charge is 0.122 e. The van der Waals surface area contributed by atoms with E-state index in [-0.39, 0.29) is 0 Å². The van der Waals surface area contributed by atoms with Gasteiger partial charge in [0, 0.05) is 78.9 Å². The predicted octanol–water partition coefficient (Wildman–Crippen LogP) is 3.66. The number of piperazine rings is 1. The maximum absolute atomic E-state index is 5.40. The minimum absolute atomic E-state index is 0.448. The van der Waals surface area contributed by atoms with Crippen LogP contribution in [0.4, 0.5) is 5.69 Å². The van der Waals surface area contributed by atoms with Crippen molar-refractivity contribution < 1.29 is 4.74 Å². The summed E-state index contributed by atoms with van der Waals surface area (Å²) in [5.41, 5.74) is 3.38. The molecular formula is C22H26N4O. The van der Waals surface area contributed by atoms with E-state index in [4.69, 9.17) is 4.74 Å². The van der Waals surface area contributed by atoms with Crippen LogP contribution in [0.2, 0.25) is 0 Å². The molecule has 1 saturated heterocycles. The molecule has 3 heterocycles. The Morgan fingerprint density at radius 2 is 2.07 bits per heavy atom. The highest BCUT2D eigenvalue weighted by Gasteiger charge is 2.25. The molecule has 1 aliphatic heterocycles. The van der Waals surface area contributed by atoms with Crippen LogP contribution in [0.25, 0.3) is 10.8 Å². The van der Waals surface area contributed by atoms with Crippen LogP contribution in [0.15, 0.2) is 48.8 Å². The van der Waals surface area contributed by atoms with Gasteiger partial charge in [-0.2, -0.15) is 0 Å². The molecule has 3 aromatic rings. The average Bonchev–Trinajstić information content (AvgIpc) is 2.68. The zero-order chi connectivity index (χ0) is 18.8. The zero-order valence-corrected chi connectivity index (χ0v) is 16.2. The molecule has 1 unspecified atom stereocenters. The molecule has 5 nitrogen and oxygen atoms in total. The number of hydrogen-bond donors (Lipinski definition) is 0. The van der Waals surface area contributed by atoms with Crippen molar-refractivity contribution in [3.05, 3.63) is 60.2 Å². The standard InChI is InChI=1S/C22H26N4O/c1-16-11-20(27-3)12-19(24-16)15-25-9-10-26(14-17(25)2)22-6-4-5-18-13-23-8-7-21(18)22/h4-8,11-13,17H,9-10,14-15H2,1-3H3. The number of hydrogen-bond acceptors (Lipinski definition) is 5. The molecule has 0 N–H and O–H groups in total. The van der Waals surface area contributed by atoms with E-state index in [1.807, 2.05) is 31.5 Å². The molecule has 1 atom stereocenters. The lowest BCUT2D eigenvalue weighted by Crippen LogP contribution is -2.51. The molecule has 2 aromatic heterocycles. The summed E-state index contributed by atoms with van der Waals surface area (Å²) >= 11 is 0. The van der Waals surface area contributed by atoms with Crippen LogP contribution < -0.4 is 9.64 Å². The van der Waals surface area contributed by atoms with Gasteiger partial charge in [0.05, 0.1) is 12.8 Å². The number of pyridine rings is 2. The quantitative estimate of drug-likeness (QED) is 0.708. The van der Waals surface area contributed by atoms with Crippen molar-refractivity contribution in [2.24, 2.45) is 0 Å². The number of benzene rings is 1. The van der Waals surface area contributed by atoms with Crippen molar-refractivity contribution in [1.29, 1.82) is 0 Å². The van der Waals surface area contributed by atoms with Crippen LogP contribution in [0, 0.1) is 6.92 Å². The van der Waals surface area contributed by atoms with E-state index in [2.05, 4.69) is 51.0 Å². The largest absolute Gasteiger partial charge is 0.497 e. The van der Waals surface area contributed by atoms with Gasteiger partial charge in [-0.05, 0) is 26.0 Å². The molecule has 0 spiro atoms. The van der Waals surface area contributed by atoms with Crippen LogP contribution in [0.5, 0.6) is 5.75 Å². The molecule has 140 valence electrons. The maximum atomic E-state index is 5.40. The number of anilines is 1. The van der Waals surface area contributed by atoms with Crippen LogP contribution >= 0.6 is 0 Å². The third kappa shape index (κ3) is 3.74. The molecule has 0 amide bonds. The van der Waals surface area contributed by atoms with Gasteiger partial charge in [0.15, 0.2) is 0 Å². The van der Waals surface area contributed by atoms with Gasteiger partial charge in [0.25, 0.3) is 0 Å². The average molecular weight is 362 g/mol. The summed E-state index contributed by atoms with van der Waals surface area (Å²) in [5.74, 6) is 0.883. The first-order valence-corrected chi connectivity index (χ1v) is 9.47. The Balaban J connectivity index is 1.50. The second-order valence-electron chi connectivity index (χ2n) is 7.28. The Morgan fingerprint density at radius 3 is 2.89 bits per heavy atom.